The van der Waals surface area contributed by atoms with E-state index in [1.54, 1.807) is 23.0 Å². The van der Waals surface area contributed by atoms with Gasteiger partial charge in [0, 0.05) is 32.3 Å². The van der Waals surface area contributed by atoms with E-state index >= 15 is 0 Å². The number of nitrogens with one attached hydrogen (secondary N) is 1. The molecule has 0 atom stereocenters. The molecule has 25 heavy (non-hydrogen) atoms. The van der Waals surface area contributed by atoms with Crippen LogP contribution in [0.15, 0.2) is 53.5 Å². The topological polar surface area (TPSA) is 81.8 Å². The van der Waals surface area contributed by atoms with Crippen LogP contribution >= 0.6 is 0 Å². The largest absolute Gasteiger partial charge is 0.350 e. The average molecular weight is 341 g/mol. The highest BCUT2D eigenvalue weighted by atomic mass is 19.1. The first-order valence-corrected chi connectivity index (χ1v) is 7.66. The third-order valence-corrected chi connectivity index (χ3v) is 3.60. The van der Waals surface area contributed by atoms with Crippen LogP contribution in [0.25, 0.3) is 5.69 Å². The molecule has 3 rings (SSSR count). The van der Waals surface area contributed by atoms with E-state index in [0.29, 0.717) is 13.0 Å². The zero-order valence-corrected chi connectivity index (χ0v) is 13.5. The molecule has 0 aliphatic heterocycles. The monoisotopic (exact) mass is 341 g/mol. The predicted molar refractivity (Wildman–Crippen MR) is 89.0 cm³/mol. The van der Waals surface area contributed by atoms with E-state index in [-0.39, 0.29) is 23.0 Å². The lowest BCUT2D eigenvalue weighted by Crippen LogP contribution is -2.29. The number of aryl methyl sites for hydroxylation is 1. The van der Waals surface area contributed by atoms with Gasteiger partial charge in [0.15, 0.2) is 0 Å². The highest BCUT2D eigenvalue weighted by Gasteiger charge is 2.08. The van der Waals surface area contributed by atoms with E-state index in [0.717, 1.165) is 16.1 Å². The molecular weight excluding hydrogens is 325 g/mol. The lowest BCUT2D eigenvalue weighted by atomic mass is 10.3. The summed E-state index contributed by atoms with van der Waals surface area (Å²) in [4.78, 5) is 23.3. The zero-order chi connectivity index (χ0) is 17.8. The maximum absolute atomic E-state index is 12.9. The minimum absolute atomic E-state index is 0.180. The van der Waals surface area contributed by atoms with Gasteiger partial charge in [0.05, 0.1) is 11.4 Å². The molecule has 0 spiro atoms. The van der Waals surface area contributed by atoms with E-state index in [9.17, 15) is 14.0 Å². The summed E-state index contributed by atoms with van der Waals surface area (Å²) < 4.78 is 15.7. The lowest BCUT2D eigenvalue weighted by molar-refractivity contribution is 0.0946. The summed E-state index contributed by atoms with van der Waals surface area (Å²) in [6.45, 7) is 0.379. The van der Waals surface area contributed by atoms with Crippen LogP contribution < -0.4 is 10.9 Å². The molecule has 0 saturated heterocycles. The van der Waals surface area contributed by atoms with Gasteiger partial charge in [-0.2, -0.15) is 10.2 Å². The smallest absolute Gasteiger partial charge is 0.271 e. The number of aromatic nitrogens is 4. The van der Waals surface area contributed by atoms with Gasteiger partial charge in [-0.25, -0.2) is 13.8 Å². The summed E-state index contributed by atoms with van der Waals surface area (Å²) in [6, 6.07) is 10.5. The molecule has 2 heterocycles. The van der Waals surface area contributed by atoms with E-state index in [4.69, 9.17) is 0 Å². The second-order valence-corrected chi connectivity index (χ2v) is 5.41. The van der Waals surface area contributed by atoms with Gasteiger partial charge in [0.25, 0.3) is 11.5 Å². The maximum atomic E-state index is 12.9. The number of carbonyl (C=O) groups excluding carboxylic acids is 1. The standard InChI is InChI=1S/C17H16FN5O2/c1-22-16(24)7-6-15(21-22)17(25)19-10-8-13-9-11-23(20-13)14-4-2-12(18)3-5-14/h2-7,9,11H,8,10H2,1H3,(H,19,25). The Morgan fingerprint density at radius 3 is 2.60 bits per heavy atom. The van der Waals surface area contributed by atoms with Crippen molar-refractivity contribution in [2.75, 3.05) is 6.54 Å². The van der Waals surface area contributed by atoms with Crippen molar-refractivity contribution < 1.29 is 9.18 Å². The number of hydrogen-bond donors (Lipinski definition) is 1. The molecule has 1 N–H and O–H groups in total. The molecule has 7 nitrogen and oxygen atoms in total. The molecule has 2 aromatic heterocycles. The second-order valence-electron chi connectivity index (χ2n) is 5.41. The molecule has 0 fully saturated rings. The number of nitrogens with zero attached hydrogens (tertiary/aromatic N) is 4. The first-order chi connectivity index (χ1) is 12.0. The molecule has 8 heteroatoms. The molecule has 0 bridgehead atoms. The summed E-state index contributed by atoms with van der Waals surface area (Å²) in [5.41, 5.74) is 1.45. The molecule has 128 valence electrons. The van der Waals surface area contributed by atoms with Gasteiger partial charge < -0.3 is 5.32 Å². The van der Waals surface area contributed by atoms with Crippen LogP contribution in [-0.4, -0.2) is 32.0 Å². The highest BCUT2D eigenvalue weighted by molar-refractivity contribution is 5.91. The third-order valence-electron chi connectivity index (χ3n) is 3.60. The summed E-state index contributed by atoms with van der Waals surface area (Å²) in [6.07, 6.45) is 2.31. The van der Waals surface area contributed by atoms with Crippen LogP contribution in [0.3, 0.4) is 0 Å². The Morgan fingerprint density at radius 1 is 1.12 bits per heavy atom. The Hall–Kier alpha value is -3.29. The number of amides is 1. The molecule has 1 amide bonds. The number of benzene rings is 1. The van der Waals surface area contributed by atoms with Crippen LogP contribution in [0.5, 0.6) is 0 Å². The van der Waals surface area contributed by atoms with Crippen molar-refractivity contribution in [3.05, 3.63) is 76.2 Å². The first-order valence-electron chi connectivity index (χ1n) is 7.66. The van der Waals surface area contributed by atoms with E-state index < -0.39 is 0 Å². The highest BCUT2D eigenvalue weighted by Crippen LogP contribution is 2.09. The van der Waals surface area contributed by atoms with Crippen molar-refractivity contribution in [2.24, 2.45) is 7.05 Å². The predicted octanol–water partition coefficient (Wildman–Crippen LogP) is 1.08. The van der Waals surface area contributed by atoms with E-state index in [1.165, 1.54) is 31.3 Å². The van der Waals surface area contributed by atoms with Crippen LogP contribution in [0.1, 0.15) is 16.2 Å². The van der Waals surface area contributed by atoms with Gasteiger partial charge in [0.1, 0.15) is 11.5 Å². The summed E-state index contributed by atoms with van der Waals surface area (Å²) >= 11 is 0. The Bertz CT molecular complexity index is 946. The van der Waals surface area contributed by atoms with Crippen molar-refractivity contribution in [1.82, 2.24) is 24.9 Å². The zero-order valence-electron chi connectivity index (χ0n) is 13.5. The third kappa shape index (κ3) is 3.97. The Kier molecular flexibility index (Phi) is 4.69. The number of carbonyl (C=O) groups is 1. The Labute approximate surface area is 142 Å². The molecule has 1 aromatic carbocycles. The Morgan fingerprint density at radius 2 is 1.88 bits per heavy atom. The van der Waals surface area contributed by atoms with E-state index in [2.05, 4.69) is 15.5 Å². The molecule has 0 aliphatic carbocycles. The number of rotatable bonds is 5. The first kappa shape index (κ1) is 16.6. The van der Waals surface area contributed by atoms with Crippen molar-refractivity contribution in [1.29, 1.82) is 0 Å². The van der Waals surface area contributed by atoms with Crippen molar-refractivity contribution in [3.8, 4) is 5.69 Å². The molecular formula is C17H16FN5O2. The summed E-state index contributed by atoms with van der Waals surface area (Å²) in [5.74, 6) is -0.653. The van der Waals surface area contributed by atoms with Gasteiger partial charge in [0.2, 0.25) is 0 Å². The second kappa shape index (κ2) is 7.08. The van der Waals surface area contributed by atoms with Gasteiger partial charge in [-0.1, -0.05) is 0 Å². The van der Waals surface area contributed by atoms with E-state index in [1.807, 2.05) is 6.07 Å². The van der Waals surface area contributed by atoms with Gasteiger partial charge >= 0.3 is 0 Å². The number of halogens is 1. The lowest BCUT2D eigenvalue weighted by Gasteiger charge is -2.04. The van der Waals surface area contributed by atoms with Crippen molar-refractivity contribution in [3.63, 3.8) is 0 Å². The minimum Gasteiger partial charge on any atom is -0.350 e. The summed E-state index contributed by atoms with van der Waals surface area (Å²) in [7, 11) is 1.49. The molecule has 3 aromatic rings. The summed E-state index contributed by atoms with van der Waals surface area (Å²) in [5, 5.41) is 11.0. The van der Waals surface area contributed by atoms with Crippen LogP contribution in [-0.2, 0) is 13.5 Å². The van der Waals surface area contributed by atoms with Gasteiger partial charge in [-0.15, -0.1) is 0 Å². The van der Waals surface area contributed by atoms with Crippen LogP contribution in [0, 0.1) is 5.82 Å². The SMILES string of the molecule is Cn1nc(C(=O)NCCc2ccn(-c3ccc(F)cc3)n2)ccc1=O. The fourth-order valence-electron chi connectivity index (χ4n) is 2.25. The minimum atomic E-state index is -0.353. The maximum Gasteiger partial charge on any atom is 0.271 e. The number of hydrogen-bond acceptors (Lipinski definition) is 4. The molecule has 0 unspecified atom stereocenters. The quantitative estimate of drug-likeness (QED) is 0.753. The Balaban J connectivity index is 1.57. The van der Waals surface area contributed by atoms with Crippen molar-refractivity contribution in [2.45, 2.75) is 6.42 Å². The van der Waals surface area contributed by atoms with Gasteiger partial charge in [-0.05, 0) is 36.4 Å². The van der Waals surface area contributed by atoms with Crippen LogP contribution in [0.4, 0.5) is 4.39 Å². The van der Waals surface area contributed by atoms with Gasteiger partial charge in [-0.3, -0.25) is 9.59 Å². The normalized spacial score (nSPS) is 10.6. The van der Waals surface area contributed by atoms with Crippen molar-refractivity contribution >= 4 is 5.91 Å². The average Bonchev–Trinajstić information content (AvgIpc) is 3.06. The fraction of sp³-hybridized carbons (Fsp3) is 0.176. The molecule has 0 saturated carbocycles. The molecule has 0 aliphatic rings. The molecule has 0 radical (unpaired) electrons. The van der Waals surface area contributed by atoms with Crippen LogP contribution in [0.2, 0.25) is 0 Å². The fourth-order valence-corrected chi connectivity index (χ4v) is 2.25.